The second-order valence-electron chi connectivity index (χ2n) is 4.50. The third kappa shape index (κ3) is 3.01. The van der Waals surface area contributed by atoms with Crippen molar-refractivity contribution in [1.29, 1.82) is 5.26 Å². The molecule has 2 aromatic carbocycles. The molecule has 0 aliphatic rings. The monoisotopic (exact) mass is 265 g/mol. The average molecular weight is 265 g/mol. The van der Waals surface area contributed by atoms with Crippen LogP contribution in [0, 0.1) is 25.2 Å². The van der Waals surface area contributed by atoms with Crippen molar-refractivity contribution in [2.45, 2.75) is 13.8 Å². The Kier molecular flexibility index (Phi) is 4.11. The van der Waals surface area contributed by atoms with E-state index in [0.29, 0.717) is 16.9 Å². The highest BCUT2D eigenvalue weighted by molar-refractivity contribution is 5.58. The number of nitrogens with zero attached hydrogens (tertiary/aromatic N) is 3. The lowest BCUT2D eigenvalue weighted by Gasteiger charge is -2.08. The zero-order chi connectivity index (χ0) is 14.5. The summed E-state index contributed by atoms with van der Waals surface area (Å²) in [5.74, 6) is 0.718. The Balaban J connectivity index is 2.38. The minimum Gasteiger partial charge on any atom is -0.494 e. The van der Waals surface area contributed by atoms with Crippen LogP contribution in [-0.4, -0.2) is 7.11 Å². The maximum atomic E-state index is 8.86. The van der Waals surface area contributed by atoms with E-state index < -0.39 is 0 Å². The number of aryl methyl sites for hydroxylation is 2. The van der Waals surface area contributed by atoms with Gasteiger partial charge in [-0.15, -0.1) is 5.11 Å². The van der Waals surface area contributed by atoms with Gasteiger partial charge in [0.25, 0.3) is 0 Å². The molecule has 0 atom stereocenters. The molecule has 0 heterocycles. The summed E-state index contributed by atoms with van der Waals surface area (Å²) in [6.45, 7) is 3.98. The van der Waals surface area contributed by atoms with E-state index in [4.69, 9.17) is 10.00 Å². The quantitative estimate of drug-likeness (QED) is 0.761. The van der Waals surface area contributed by atoms with Crippen molar-refractivity contribution in [2.24, 2.45) is 10.2 Å². The minimum atomic E-state index is 0.564. The summed E-state index contributed by atoms with van der Waals surface area (Å²) in [6, 6.07) is 13.0. The summed E-state index contributed by atoms with van der Waals surface area (Å²) >= 11 is 0. The second-order valence-corrected chi connectivity index (χ2v) is 4.50. The maximum absolute atomic E-state index is 8.86. The number of ether oxygens (including phenoxy) is 1. The first kappa shape index (κ1) is 13.8. The van der Waals surface area contributed by atoms with Crippen molar-refractivity contribution >= 4 is 11.4 Å². The van der Waals surface area contributed by atoms with Crippen molar-refractivity contribution < 1.29 is 4.74 Å². The van der Waals surface area contributed by atoms with E-state index >= 15 is 0 Å². The van der Waals surface area contributed by atoms with Crippen LogP contribution in [0.5, 0.6) is 5.75 Å². The molecule has 0 amide bonds. The number of rotatable bonds is 3. The molecule has 4 heteroatoms. The highest BCUT2D eigenvalue weighted by atomic mass is 16.5. The van der Waals surface area contributed by atoms with Gasteiger partial charge in [-0.1, -0.05) is 12.1 Å². The SMILES string of the molecule is COc1c(C)cc(C)cc1N=Nc1cccc(C#N)c1. The van der Waals surface area contributed by atoms with Gasteiger partial charge in [0, 0.05) is 0 Å². The summed E-state index contributed by atoms with van der Waals surface area (Å²) in [4.78, 5) is 0. The van der Waals surface area contributed by atoms with Gasteiger partial charge in [0.05, 0.1) is 24.4 Å². The lowest BCUT2D eigenvalue weighted by molar-refractivity contribution is 0.412. The van der Waals surface area contributed by atoms with Crippen molar-refractivity contribution in [3.63, 3.8) is 0 Å². The molecule has 100 valence electrons. The molecule has 0 bridgehead atoms. The third-order valence-electron chi connectivity index (χ3n) is 2.85. The van der Waals surface area contributed by atoms with Gasteiger partial charge in [0.2, 0.25) is 0 Å². The van der Waals surface area contributed by atoms with Crippen LogP contribution in [0.2, 0.25) is 0 Å². The molecule has 0 N–H and O–H groups in total. The van der Waals surface area contributed by atoms with Crippen LogP contribution < -0.4 is 4.74 Å². The first-order valence-electron chi connectivity index (χ1n) is 6.21. The minimum absolute atomic E-state index is 0.564. The molecule has 0 spiro atoms. The van der Waals surface area contributed by atoms with E-state index in [1.54, 1.807) is 31.4 Å². The molecule has 2 aromatic rings. The Hall–Kier alpha value is -2.67. The maximum Gasteiger partial charge on any atom is 0.149 e. The van der Waals surface area contributed by atoms with Crippen molar-refractivity contribution in [3.05, 3.63) is 53.1 Å². The molecule has 0 saturated heterocycles. The fourth-order valence-corrected chi connectivity index (χ4v) is 2.02. The first-order chi connectivity index (χ1) is 9.63. The highest BCUT2D eigenvalue weighted by Crippen LogP contribution is 2.33. The first-order valence-corrected chi connectivity index (χ1v) is 6.21. The summed E-state index contributed by atoms with van der Waals surface area (Å²) in [5, 5.41) is 17.3. The molecule has 0 aliphatic carbocycles. The number of hydrogen-bond donors (Lipinski definition) is 0. The molecular formula is C16H15N3O. The highest BCUT2D eigenvalue weighted by Gasteiger charge is 2.06. The molecular weight excluding hydrogens is 250 g/mol. The van der Waals surface area contributed by atoms with Crippen molar-refractivity contribution in [3.8, 4) is 11.8 Å². The summed E-state index contributed by atoms with van der Waals surface area (Å²) in [5.41, 5.74) is 4.02. The standard InChI is InChI=1S/C16H15N3O/c1-11-7-12(2)16(20-3)15(8-11)19-18-14-6-4-5-13(9-14)10-17/h4-9H,1-3H3. The smallest absolute Gasteiger partial charge is 0.149 e. The fourth-order valence-electron chi connectivity index (χ4n) is 2.02. The number of benzene rings is 2. The molecule has 0 aliphatic heterocycles. The summed E-state index contributed by atoms with van der Waals surface area (Å²) in [7, 11) is 1.62. The van der Waals surface area contributed by atoms with E-state index in [0.717, 1.165) is 16.9 Å². The molecule has 2 rings (SSSR count). The normalized spacial score (nSPS) is 10.5. The molecule has 0 aromatic heterocycles. The Morgan fingerprint density at radius 1 is 1.10 bits per heavy atom. The number of hydrogen-bond acceptors (Lipinski definition) is 4. The van der Waals surface area contributed by atoms with E-state index in [1.807, 2.05) is 26.0 Å². The number of nitriles is 1. The van der Waals surface area contributed by atoms with Crippen LogP contribution >= 0.6 is 0 Å². The van der Waals surface area contributed by atoms with Crippen LogP contribution in [0.3, 0.4) is 0 Å². The van der Waals surface area contributed by atoms with E-state index in [1.165, 1.54) is 0 Å². The van der Waals surface area contributed by atoms with E-state index in [9.17, 15) is 0 Å². The van der Waals surface area contributed by atoms with Gasteiger partial charge in [0.1, 0.15) is 11.4 Å². The predicted molar refractivity (Wildman–Crippen MR) is 77.8 cm³/mol. The molecule has 20 heavy (non-hydrogen) atoms. The van der Waals surface area contributed by atoms with Gasteiger partial charge < -0.3 is 4.74 Å². The zero-order valence-electron chi connectivity index (χ0n) is 11.7. The predicted octanol–water partition coefficient (Wildman–Crippen LogP) is 4.60. The zero-order valence-corrected chi connectivity index (χ0v) is 11.7. The largest absolute Gasteiger partial charge is 0.494 e. The van der Waals surface area contributed by atoms with Crippen LogP contribution in [0.15, 0.2) is 46.6 Å². The molecule has 0 unspecified atom stereocenters. The second kappa shape index (κ2) is 5.98. The lowest BCUT2D eigenvalue weighted by atomic mass is 10.1. The van der Waals surface area contributed by atoms with Gasteiger partial charge in [0.15, 0.2) is 0 Å². The Bertz CT molecular complexity index is 699. The fraction of sp³-hybridized carbons (Fsp3) is 0.188. The van der Waals surface area contributed by atoms with E-state index in [2.05, 4.69) is 16.3 Å². The van der Waals surface area contributed by atoms with Crippen LogP contribution in [0.4, 0.5) is 11.4 Å². The molecule has 0 radical (unpaired) electrons. The number of methoxy groups -OCH3 is 1. The molecule has 0 saturated carbocycles. The average Bonchev–Trinajstić information content (AvgIpc) is 2.45. The molecule has 4 nitrogen and oxygen atoms in total. The van der Waals surface area contributed by atoms with Crippen LogP contribution in [-0.2, 0) is 0 Å². The van der Waals surface area contributed by atoms with E-state index in [-0.39, 0.29) is 0 Å². The van der Waals surface area contributed by atoms with Gasteiger partial charge >= 0.3 is 0 Å². The van der Waals surface area contributed by atoms with Gasteiger partial charge in [-0.25, -0.2) is 0 Å². The van der Waals surface area contributed by atoms with Crippen molar-refractivity contribution in [1.82, 2.24) is 0 Å². The van der Waals surface area contributed by atoms with Gasteiger partial charge in [-0.2, -0.15) is 10.4 Å². The Morgan fingerprint density at radius 2 is 1.90 bits per heavy atom. The van der Waals surface area contributed by atoms with Gasteiger partial charge in [-0.05, 0) is 49.2 Å². The van der Waals surface area contributed by atoms with Crippen LogP contribution in [0.1, 0.15) is 16.7 Å². The topological polar surface area (TPSA) is 57.7 Å². The lowest BCUT2D eigenvalue weighted by Crippen LogP contribution is -1.88. The Labute approximate surface area is 118 Å². The van der Waals surface area contributed by atoms with Gasteiger partial charge in [-0.3, -0.25) is 0 Å². The van der Waals surface area contributed by atoms with Crippen LogP contribution in [0.25, 0.3) is 0 Å². The third-order valence-corrected chi connectivity index (χ3v) is 2.85. The summed E-state index contributed by atoms with van der Waals surface area (Å²) < 4.78 is 5.36. The number of azo groups is 1. The van der Waals surface area contributed by atoms with Crippen molar-refractivity contribution in [2.75, 3.05) is 7.11 Å². The Morgan fingerprint density at radius 3 is 2.60 bits per heavy atom. The summed E-state index contributed by atoms with van der Waals surface area (Å²) in [6.07, 6.45) is 0. The molecule has 0 fully saturated rings.